The molecule has 0 fully saturated rings. The number of carbonyl (C=O) groups excluding carboxylic acids is 2. The number of carbonyl (C=O) groups is 2. The van der Waals surface area contributed by atoms with Gasteiger partial charge in [0.2, 0.25) is 11.8 Å². The van der Waals surface area contributed by atoms with Gasteiger partial charge in [0.15, 0.2) is 0 Å². The molecule has 0 heterocycles. The maximum atomic E-state index is 13.8. The third kappa shape index (κ3) is 6.76. The highest BCUT2D eigenvalue weighted by Gasteiger charge is 2.33. The lowest BCUT2D eigenvalue weighted by atomic mass is 10.1. The first kappa shape index (κ1) is 28.8. The topological polar surface area (TPSA) is 86.8 Å². The SMILES string of the molecule is CCC(C(=O)NC)N(Cc1ccccc1Cl)C(=O)CN(c1ccc(Cl)c(Cl)c1)S(=O)(=O)c1ccccc1. The minimum atomic E-state index is -4.19. The van der Waals surface area contributed by atoms with Crippen molar-refractivity contribution in [1.82, 2.24) is 10.2 Å². The van der Waals surface area contributed by atoms with Crippen molar-refractivity contribution in [1.29, 1.82) is 0 Å². The van der Waals surface area contributed by atoms with Gasteiger partial charge in [-0.2, -0.15) is 0 Å². The Morgan fingerprint density at radius 2 is 1.54 bits per heavy atom. The first-order chi connectivity index (χ1) is 17.6. The molecule has 196 valence electrons. The standard InChI is InChI=1S/C26H26Cl3N3O4S/c1-3-24(26(34)30-2)31(16-18-9-7-8-12-21(18)27)25(33)17-32(19-13-14-22(28)23(29)15-19)37(35,36)20-10-5-4-6-11-20/h4-15,24H,3,16-17H2,1-2H3,(H,30,34). The molecular formula is C26H26Cl3N3O4S. The summed E-state index contributed by atoms with van der Waals surface area (Å²) in [6.45, 7) is 1.18. The Hall–Kier alpha value is -2.78. The summed E-state index contributed by atoms with van der Waals surface area (Å²) < 4.78 is 28.4. The van der Waals surface area contributed by atoms with Crippen molar-refractivity contribution >= 4 is 62.3 Å². The minimum absolute atomic E-state index is 0.00499. The van der Waals surface area contributed by atoms with Crippen molar-refractivity contribution in [3.05, 3.63) is 93.4 Å². The molecule has 0 aliphatic carbocycles. The average Bonchev–Trinajstić information content (AvgIpc) is 2.90. The number of anilines is 1. The molecule has 0 aromatic heterocycles. The van der Waals surface area contributed by atoms with Crippen LogP contribution in [0.25, 0.3) is 0 Å². The Balaban J connectivity index is 2.09. The van der Waals surface area contributed by atoms with Gasteiger partial charge in [-0.1, -0.05) is 78.1 Å². The number of hydrogen-bond acceptors (Lipinski definition) is 4. The van der Waals surface area contributed by atoms with Gasteiger partial charge in [-0.15, -0.1) is 0 Å². The van der Waals surface area contributed by atoms with Gasteiger partial charge in [-0.25, -0.2) is 8.42 Å². The highest BCUT2D eigenvalue weighted by atomic mass is 35.5. The van der Waals surface area contributed by atoms with Gasteiger partial charge < -0.3 is 10.2 Å². The van der Waals surface area contributed by atoms with Crippen LogP contribution in [-0.4, -0.2) is 44.8 Å². The summed E-state index contributed by atoms with van der Waals surface area (Å²) >= 11 is 18.6. The van der Waals surface area contributed by atoms with E-state index in [4.69, 9.17) is 34.8 Å². The molecule has 0 aliphatic rings. The maximum absolute atomic E-state index is 13.8. The van der Waals surface area contributed by atoms with E-state index in [0.717, 1.165) is 4.31 Å². The fourth-order valence-corrected chi connectivity index (χ4v) is 5.70. The summed E-state index contributed by atoms with van der Waals surface area (Å²) in [7, 11) is -2.72. The Kier molecular flexibility index (Phi) is 9.84. The zero-order chi connectivity index (χ0) is 27.2. The lowest BCUT2D eigenvalue weighted by Gasteiger charge is -2.33. The number of sulfonamides is 1. The Morgan fingerprint density at radius 1 is 0.892 bits per heavy atom. The van der Waals surface area contributed by atoms with Crippen LogP contribution in [0.1, 0.15) is 18.9 Å². The van der Waals surface area contributed by atoms with Gasteiger partial charge in [0.25, 0.3) is 10.0 Å². The van der Waals surface area contributed by atoms with E-state index in [1.165, 1.54) is 42.3 Å². The van der Waals surface area contributed by atoms with E-state index in [1.54, 1.807) is 49.4 Å². The van der Waals surface area contributed by atoms with E-state index in [2.05, 4.69) is 5.32 Å². The zero-order valence-electron chi connectivity index (χ0n) is 20.2. The van der Waals surface area contributed by atoms with E-state index in [0.29, 0.717) is 17.0 Å². The van der Waals surface area contributed by atoms with Gasteiger partial charge in [0, 0.05) is 18.6 Å². The van der Waals surface area contributed by atoms with Crippen LogP contribution in [0.4, 0.5) is 5.69 Å². The molecule has 3 aromatic rings. The number of nitrogens with one attached hydrogen (secondary N) is 1. The number of hydrogen-bond donors (Lipinski definition) is 1. The quantitative estimate of drug-likeness (QED) is 0.347. The molecule has 11 heteroatoms. The summed E-state index contributed by atoms with van der Waals surface area (Å²) in [6, 6.07) is 18.1. The van der Waals surface area contributed by atoms with Crippen LogP contribution < -0.4 is 9.62 Å². The lowest BCUT2D eigenvalue weighted by Crippen LogP contribution is -2.51. The fourth-order valence-electron chi connectivity index (χ4n) is 3.78. The molecule has 3 rings (SSSR count). The molecule has 1 unspecified atom stereocenters. The molecule has 0 saturated heterocycles. The van der Waals surface area contributed by atoms with E-state index in [-0.39, 0.29) is 33.1 Å². The highest BCUT2D eigenvalue weighted by molar-refractivity contribution is 7.92. The minimum Gasteiger partial charge on any atom is -0.357 e. The number of likely N-dealkylation sites (N-methyl/N-ethyl adjacent to an activating group) is 1. The number of benzene rings is 3. The molecule has 1 N–H and O–H groups in total. The summed E-state index contributed by atoms with van der Waals surface area (Å²) in [5.41, 5.74) is 0.768. The molecular weight excluding hydrogens is 557 g/mol. The van der Waals surface area contributed by atoms with Gasteiger partial charge >= 0.3 is 0 Å². The molecule has 3 aromatic carbocycles. The van der Waals surface area contributed by atoms with Crippen molar-refractivity contribution in [3.63, 3.8) is 0 Å². The molecule has 0 spiro atoms. The van der Waals surface area contributed by atoms with Crippen molar-refractivity contribution in [3.8, 4) is 0 Å². The van der Waals surface area contributed by atoms with E-state index in [1.807, 2.05) is 0 Å². The monoisotopic (exact) mass is 581 g/mol. The van der Waals surface area contributed by atoms with Crippen LogP contribution in [0.15, 0.2) is 77.7 Å². The summed E-state index contributed by atoms with van der Waals surface area (Å²) in [4.78, 5) is 27.9. The number of rotatable bonds is 10. The summed E-state index contributed by atoms with van der Waals surface area (Å²) in [5, 5.41) is 3.36. The zero-order valence-corrected chi connectivity index (χ0v) is 23.3. The first-order valence-corrected chi connectivity index (χ1v) is 13.9. The van der Waals surface area contributed by atoms with E-state index < -0.39 is 28.5 Å². The lowest BCUT2D eigenvalue weighted by molar-refractivity contribution is -0.140. The second kappa shape index (κ2) is 12.6. The Morgan fingerprint density at radius 3 is 2.14 bits per heavy atom. The third-order valence-corrected chi connectivity index (χ3v) is 8.63. The number of amides is 2. The van der Waals surface area contributed by atoms with Crippen LogP contribution in [-0.2, 0) is 26.2 Å². The molecule has 0 saturated carbocycles. The number of nitrogens with zero attached hydrogens (tertiary/aromatic N) is 2. The molecule has 0 radical (unpaired) electrons. The summed E-state index contributed by atoms with van der Waals surface area (Å²) in [5.74, 6) is -0.976. The first-order valence-electron chi connectivity index (χ1n) is 11.4. The van der Waals surface area contributed by atoms with Gasteiger partial charge in [-0.3, -0.25) is 13.9 Å². The van der Waals surface area contributed by atoms with Gasteiger partial charge in [0.05, 0.1) is 20.6 Å². The Labute approximate surface area is 232 Å². The van der Waals surface area contributed by atoms with Crippen molar-refractivity contribution in [2.24, 2.45) is 0 Å². The van der Waals surface area contributed by atoms with Gasteiger partial charge in [0.1, 0.15) is 12.6 Å². The number of halogens is 3. The molecule has 7 nitrogen and oxygen atoms in total. The van der Waals surface area contributed by atoms with Crippen molar-refractivity contribution in [2.45, 2.75) is 30.8 Å². The Bertz CT molecular complexity index is 1370. The smallest absolute Gasteiger partial charge is 0.264 e. The summed E-state index contributed by atoms with van der Waals surface area (Å²) in [6.07, 6.45) is 0.300. The molecule has 0 bridgehead atoms. The van der Waals surface area contributed by atoms with E-state index >= 15 is 0 Å². The molecule has 1 atom stereocenters. The second-order valence-electron chi connectivity index (χ2n) is 8.07. The molecule has 2 amide bonds. The third-order valence-electron chi connectivity index (χ3n) is 5.73. The second-order valence-corrected chi connectivity index (χ2v) is 11.2. The van der Waals surface area contributed by atoms with Crippen molar-refractivity contribution < 1.29 is 18.0 Å². The predicted molar refractivity (Wildman–Crippen MR) is 148 cm³/mol. The average molecular weight is 583 g/mol. The predicted octanol–water partition coefficient (Wildman–Crippen LogP) is 5.40. The molecule has 0 aliphatic heterocycles. The normalized spacial score (nSPS) is 12.0. The van der Waals surface area contributed by atoms with Crippen LogP contribution in [0.3, 0.4) is 0 Å². The van der Waals surface area contributed by atoms with Crippen molar-refractivity contribution in [2.75, 3.05) is 17.9 Å². The van der Waals surface area contributed by atoms with Crippen LogP contribution in [0, 0.1) is 0 Å². The fraction of sp³-hybridized carbons (Fsp3) is 0.231. The van der Waals surface area contributed by atoms with Crippen LogP contribution in [0.2, 0.25) is 15.1 Å². The largest absolute Gasteiger partial charge is 0.357 e. The van der Waals surface area contributed by atoms with Gasteiger partial charge in [-0.05, 0) is 48.4 Å². The van der Waals surface area contributed by atoms with Crippen LogP contribution in [0.5, 0.6) is 0 Å². The van der Waals surface area contributed by atoms with Crippen LogP contribution >= 0.6 is 34.8 Å². The van der Waals surface area contributed by atoms with E-state index in [9.17, 15) is 18.0 Å². The maximum Gasteiger partial charge on any atom is 0.264 e. The molecule has 37 heavy (non-hydrogen) atoms. The highest BCUT2D eigenvalue weighted by Crippen LogP contribution is 2.31.